The van der Waals surface area contributed by atoms with Crippen LogP contribution in [0.5, 0.6) is 5.75 Å². The number of ketones is 3. The number of anilines is 1. The largest absolute Gasteiger partial charge is 0.508 e. The van der Waals surface area contributed by atoms with Crippen molar-refractivity contribution in [3.05, 3.63) is 75.6 Å². The number of rotatable bonds is 4. The minimum atomic E-state index is -2.62. The van der Waals surface area contributed by atoms with Gasteiger partial charge in [0.15, 0.2) is 17.2 Å². The van der Waals surface area contributed by atoms with E-state index in [-0.39, 0.29) is 35.3 Å². The van der Waals surface area contributed by atoms with Crippen LogP contribution >= 0.6 is 0 Å². The van der Waals surface area contributed by atoms with Gasteiger partial charge in [-0.3, -0.25) is 19.3 Å². The highest BCUT2D eigenvalue weighted by Gasteiger charge is 2.64. The van der Waals surface area contributed by atoms with E-state index < -0.39 is 57.9 Å². The maximum absolute atomic E-state index is 14.3. The number of fused-ring (bicyclic) bond motifs is 3. The summed E-state index contributed by atoms with van der Waals surface area (Å²) in [4.78, 5) is 43.9. The fraction of sp³-hybridized carbons (Fsp3) is 0.395. The highest BCUT2D eigenvalue weighted by atomic mass is 16.3. The van der Waals surface area contributed by atoms with Crippen LogP contribution in [-0.4, -0.2) is 82.5 Å². The Bertz CT molecular complexity index is 1870. The summed E-state index contributed by atoms with van der Waals surface area (Å²) in [6.07, 6.45) is 6.29. The van der Waals surface area contributed by atoms with E-state index in [4.69, 9.17) is 0 Å². The maximum atomic E-state index is 14.3. The van der Waals surface area contributed by atoms with E-state index >= 15 is 0 Å². The molecule has 6 rings (SSSR count). The van der Waals surface area contributed by atoms with Gasteiger partial charge in [0.2, 0.25) is 5.78 Å². The molecule has 0 radical (unpaired) electrons. The molecular weight excluding hydrogens is 596 g/mol. The Morgan fingerprint density at radius 3 is 2.30 bits per heavy atom. The van der Waals surface area contributed by atoms with Gasteiger partial charge in [0, 0.05) is 31.3 Å². The smallest absolute Gasteiger partial charge is 0.202 e. The summed E-state index contributed by atoms with van der Waals surface area (Å²) in [5, 5.41) is 46.8. The zero-order valence-corrected chi connectivity index (χ0v) is 27.3. The molecule has 0 saturated heterocycles. The summed E-state index contributed by atoms with van der Waals surface area (Å²) in [7, 11) is 7.12. The van der Waals surface area contributed by atoms with Gasteiger partial charge in [-0.15, -0.1) is 0 Å². The lowest BCUT2D eigenvalue weighted by Crippen LogP contribution is -2.65. The normalized spacial score (nSPS) is 25.4. The minimum Gasteiger partial charge on any atom is -0.508 e. The van der Waals surface area contributed by atoms with E-state index in [9.17, 15) is 34.8 Å². The van der Waals surface area contributed by atoms with Crippen LogP contribution in [0.2, 0.25) is 0 Å². The van der Waals surface area contributed by atoms with Gasteiger partial charge < -0.3 is 25.3 Å². The number of nitrogens with zero attached hydrogens (tertiary/aromatic N) is 2. The van der Waals surface area contributed by atoms with Crippen LogP contribution in [-0.2, 0) is 20.8 Å². The van der Waals surface area contributed by atoms with Crippen molar-refractivity contribution < 1.29 is 34.8 Å². The lowest BCUT2D eigenvalue weighted by Gasteiger charge is -2.50. The Kier molecular flexibility index (Phi) is 8.15. The number of benzene rings is 2. The van der Waals surface area contributed by atoms with Gasteiger partial charge in [0.05, 0.1) is 17.2 Å². The molecule has 4 atom stereocenters. The van der Waals surface area contributed by atoms with Crippen molar-refractivity contribution >= 4 is 28.8 Å². The van der Waals surface area contributed by atoms with E-state index in [1.807, 2.05) is 49.3 Å². The third-order valence-electron chi connectivity index (χ3n) is 10.2. The number of carbonyl (C=O) groups is 3. The molecular formula is C38H40N2O7. The molecule has 0 amide bonds. The van der Waals surface area contributed by atoms with Crippen LogP contribution in [0.1, 0.15) is 55.7 Å². The number of carbonyl (C=O) groups excluding carboxylic acids is 3. The van der Waals surface area contributed by atoms with Crippen LogP contribution in [0.3, 0.4) is 0 Å². The molecule has 0 aliphatic heterocycles. The van der Waals surface area contributed by atoms with Gasteiger partial charge in [0.25, 0.3) is 0 Å². The molecule has 9 heteroatoms. The Hall–Kier alpha value is -4.65. The number of aromatic hydroxyl groups is 1. The van der Waals surface area contributed by atoms with Gasteiger partial charge in [-0.05, 0) is 106 Å². The first-order chi connectivity index (χ1) is 22.3. The fourth-order valence-corrected chi connectivity index (χ4v) is 7.80. The summed E-state index contributed by atoms with van der Waals surface area (Å²) >= 11 is 0. The second-order valence-electron chi connectivity index (χ2n) is 13.5. The second kappa shape index (κ2) is 11.9. The highest BCUT2D eigenvalue weighted by Crippen LogP contribution is 2.54. The van der Waals surface area contributed by atoms with Crippen molar-refractivity contribution in [3.8, 4) is 28.7 Å². The first kappa shape index (κ1) is 32.3. The minimum absolute atomic E-state index is 0.0501. The number of likely N-dealkylation sites (N-methyl/N-ethyl adjacent to an activating group) is 1. The monoisotopic (exact) mass is 636 g/mol. The summed E-state index contributed by atoms with van der Waals surface area (Å²) in [6.45, 7) is 1.10. The quantitative estimate of drug-likeness (QED) is 0.279. The molecule has 1 fully saturated rings. The van der Waals surface area contributed by atoms with Gasteiger partial charge in [-0.25, -0.2) is 0 Å². The Labute approximate surface area is 274 Å². The molecule has 9 nitrogen and oxygen atoms in total. The maximum Gasteiger partial charge on any atom is 0.202 e. The van der Waals surface area contributed by atoms with Gasteiger partial charge in [-0.1, -0.05) is 30.0 Å². The second-order valence-corrected chi connectivity index (χ2v) is 13.5. The van der Waals surface area contributed by atoms with E-state index in [0.717, 1.165) is 55.0 Å². The number of hydrogen-bond donors (Lipinski definition) is 4. The number of phenols is 1. The third-order valence-corrected chi connectivity index (χ3v) is 10.2. The molecule has 2 aromatic carbocycles. The zero-order valence-electron chi connectivity index (χ0n) is 27.3. The molecule has 0 heterocycles. The van der Waals surface area contributed by atoms with Crippen molar-refractivity contribution in [1.29, 1.82) is 0 Å². The standard InChI is InChI=1S/C38H40N2O7/c1-20(41)29-35(44)32(40(4)5)28-19-24-18-27-26(22-13-15-25(16-14-22)39(2)3)17-23(12-11-21-9-7-6-8-10-21)33(42)31(27)34(43)30(24)37(46)38(28,47)36(29)45/h9,13-17,24,28,32,42-43,45,47H,6-8,10,18-19H2,1-5H3. The van der Waals surface area contributed by atoms with Crippen molar-refractivity contribution in [3.63, 3.8) is 0 Å². The topological polar surface area (TPSA) is 139 Å². The number of hydrogen-bond acceptors (Lipinski definition) is 9. The van der Waals surface area contributed by atoms with Crippen molar-refractivity contribution in [2.45, 2.75) is 57.1 Å². The van der Waals surface area contributed by atoms with Crippen molar-refractivity contribution in [2.24, 2.45) is 11.8 Å². The molecule has 244 valence electrons. The Morgan fingerprint density at radius 2 is 1.70 bits per heavy atom. The van der Waals surface area contributed by atoms with E-state index in [1.165, 1.54) is 0 Å². The molecule has 0 bridgehead atoms. The van der Waals surface area contributed by atoms with Crippen LogP contribution in [0.25, 0.3) is 16.9 Å². The summed E-state index contributed by atoms with van der Waals surface area (Å²) in [5.74, 6) is 0.358. The lowest BCUT2D eigenvalue weighted by atomic mass is 9.57. The van der Waals surface area contributed by atoms with Crippen LogP contribution < -0.4 is 4.90 Å². The molecule has 1 saturated carbocycles. The number of Topliss-reactive ketones (excluding diaryl/α,β-unsaturated/α-hetero) is 3. The fourth-order valence-electron chi connectivity index (χ4n) is 7.80. The van der Waals surface area contributed by atoms with Crippen LogP contribution in [0.15, 0.2) is 58.9 Å². The molecule has 0 spiro atoms. The predicted octanol–water partition coefficient (Wildman–Crippen LogP) is 4.65. The first-order valence-corrected chi connectivity index (χ1v) is 16.0. The van der Waals surface area contributed by atoms with E-state index in [0.29, 0.717) is 5.56 Å². The molecule has 4 aliphatic carbocycles. The van der Waals surface area contributed by atoms with Gasteiger partial charge >= 0.3 is 0 Å². The average Bonchev–Trinajstić information content (AvgIpc) is 3.02. The molecule has 4 aliphatic rings. The Balaban J connectivity index is 1.58. The lowest BCUT2D eigenvalue weighted by molar-refractivity contribution is -0.153. The zero-order chi connectivity index (χ0) is 33.9. The van der Waals surface area contributed by atoms with Crippen LogP contribution in [0.4, 0.5) is 5.69 Å². The predicted molar refractivity (Wildman–Crippen MR) is 179 cm³/mol. The molecule has 2 aromatic rings. The Morgan fingerprint density at radius 1 is 1.00 bits per heavy atom. The highest BCUT2D eigenvalue weighted by molar-refractivity contribution is 6.25. The van der Waals surface area contributed by atoms with Gasteiger partial charge in [0.1, 0.15) is 22.8 Å². The molecule has 47 heavy (non-hydrogen) atoms. The summed E-state index contributed by atoms with van der Waals surface area (Å²) < 4.78 is 0. The van der Waals surface area contributed by atoms with E-state index in [1.54, 1.807) is 19.0 Å². The number of aliphatic hydroxyl groups excluding tert-OH is 2. The number of phenolic OH excluding ortho intramolecular Hbond substituents is 1. The average molecular weight is 637 g/mol. The summed E-state index contributed by atoms with van der Waals surface area (Å²) in [6, 6.07) is 8.60. The first-order valence-electron chi connectivity index (χ1n) is 16.0. The molecule has 0 aromatic heterocycles. The number of allylic oxidation sites excluding steroid dienone is 2. The van der Waals surface area contributed by atoms with E-state index in [2.05, 4.69) is 17.9 Å². The third kappa shape index (κ3) is 5.07. The van der Waals surface area contributed by atoms with Crippen LogP contribution in [0, 0.1) is 23.7 Å². The summed E-state index contributed by atoms with van der Waals surface area (Å²) in [5.41, 5.74) is 1.08. The van der Waals surface area contributed by atoms with Crippen molar-refractivity contribution in [1.82, 2.24) is 4.90 Å². The molecule has 4 unspecified atom stereocenters. The molecule has 4 N–H and O–H groups in total. The SMILES string of the molecule is CC(=O)C1=C(O)C2(O)C(=O)C3=C(O)c4c(O)c(C#CC5=CCCCC5)cc(-c5ccc(N(C)C)cc5)c4CC3CC2C(N(C)C)C1=O. The van der Waals surface area contributed by atoms with Gasteiger partial charge in [-0.2, -0.15) is 0 Å². The van der Waals surface area contributed by atoms with Crippen molar-refractivity contribution in [2.75, 3.05) is 33.1 Å². The number of aliphatic hydroxyl groups is 3.